The second kappa shape index (κ2) is 10.2. The van der Waals surface area contributed by atoms with Crippen molar-refractivity contribution in [1.29, 1.82) is 0 Å². The number of halogens is 4. The van der Waals surface area contributed by atoms with Crippen molar-refractivity contribution in [1.82, 2.24) is 4.90 Å². The second-order valence-electron chi connectivity index (χ2n) is 5.56. The van der Waals surface area contributed by atoms with E-state index in [4.69, 9.17) is 23.2 Å². The van der Waals surface area contributed by atoms with Crippen molar-refractivity contribution in [2.75, 3.05) is 37.6 Å². The molecule has 1 heterocycles. The van der Waals surface area contributed by atoms with Crippen LogP contribution in [0.25, 0.3) is 0 Å². The fourth-order valence-electron chi connectivity index (χ4n) is 3.24. The van der Waals surface area contributed by atoms with Gasteiger partial charge in [-0.2, -0.15) is 0 Å². The molecule has 134 valence electrons. The molecule has 2 rings (SSSR count). The van der Waals surface area contributed by atoms with E-state index in [0.29, 0.717) is 16.2 Å². The molecule has 0 saturated heterocycles. The molecule has 2 unspecified atom stereocenters. The number of hydrogen-bond acceptors (Lipinski definition) is 2. The number of benzene rings is 1. The van der Waals surface area contributed by atoms with Gasteiger partial charge >= 0.3 is 0 Å². The normalized spacial score (nSPS) is 19.3. The number of nitrogens with zero attached hydrogens (tertiary/aromatic N) is 2. The lowest BCUT2D eigenvalue weighted by Crippen LogP contribution is -3.10. The minimum absolute atomic E-state index is 0. The molecule has 0 radical (unpaired) electrons. The molecule has 23 heavy (non-hydrogen) atoms. The van der Waals surface area contributed by atoms with E-state index in [1.807, 2.05) is 12.1 Å². The molecule has 1 aliphatic rings. The van der Waals surface area contributed by atoms with Gasteiger partial charge in [-0.05, 0) is 26.1 Å². The molecule has 1 aromatic carbocycles. The Morgan fingerprint density at radius 1 is 1.13 bits per heavy atom. The minimum Gasteiger partial charge on any atom is -1.00 e. The molecule has 0 spiro atoms. The van der Waals surface area contributed by atoms with Crippen LogP contribution in [0.15, 0.2) is 12.1 Å². The lowest BCUT2D eigenvalue weighted by Gasteiger charge is -2.27. The molecule has 0 aliphatic carbocycles. The van der Waals surface area contributed by atoms with Crippen molar-refractivity contribution in [2.45, 2.75) is 33.9 Å². The largest absolute Gasteiger partial charge is 1.00 e. The third kappa shape index (κ3) is 4.81. The van der Waals surface area contributed by atoms with Crippen LogP contribution in [-0.2, 0) is 0 Å². The maximum absolute atomic E-state index is 6.24. The van der Waals surface area contributed by atoms with Gasteiger partial charge in [-0.1, -0.05) is 37.0 Å². The molecule has 0 amide bonds. The number of likely N-dealkylation sites (N-methyl/N-ethyl adjacent to an activating group) is 1. The Hall–Kier alpha value is 0.1000. The van der Waals surface area contributed by atoms with Crippen LogP contribution in [0.3, 0.4) is 0 Å². The van der Waals surface area contributed by atoms with Crippen molar-refractivity contribution >= 4 is 47.0 Å². The van der Waals surface area contributed by atoms with Crippen molar-refractivity contribution < 1.29 is 17.3 Å². The van der Waals surface area contributed by atoms with Gasteiger partial charge < -0.3 is 22.2 Å². The molecule has 7 heteroatoms. The summed E-state index contributed by atoms with van der Waals surface area (Å²) < 4.78 is 0. The Kier molecular flexibility index (Phi) is 10.2. The van der Waals surface area contributed by atoms with E-state index >= 15 is 0 Å². The first-order valence-electron chi connectivity index (χ1n) is 7.87. The van der Waals surface area contributed by atoms with Crippen molar-refractivity contribution in [3.05, 3.63) is 22.2 Å². The monoisotopic (exact) mass is 401 g/mol. The SMILES string of the molecule is CCN(CC)CCN1c2cc(Cl)c(Cl)cc2[NH+](CC)C1C.Cl.[Cl-]. The number of anilines is 1. The molecular weight excluding hydrogens is 376 g/mol. The molecule has 3 nitrogen and oxygen atoms in total. The van der Waals surface area contributed by atoms with Crippen LogP contribution in [0, 0.1) is 0 Å². The van der Waals surface area contributed by atoms with E-state index in [-0.39, 0.29) is 24.8 Å². The molecule has 0 aromatic heterocycles. The van der Waals surface area contributed by atoms with Crippen LogP contribution in [0.4, 0.5) is 11.4 Å². The van der Waals surface area contributed by atoms with Gasteiger partial charge in [0.25, 0.3) is 0 Å². The highest BCUT2D eigenvalue weighted by molar-refractivity contribution is 6.42. The zero-order valence-corrected chi connectivity index (χ0v) is 17.3. The summed E-state index contributed by atoms with van der Waals surface area (Å²) in [5.74, 6) is 0. The summed E-state index contributed by atoms with van der Waals surface area (Å²) in [6.45, 7) is 14.3. The zero-order chi connectivity index (χ0) is 15.6. The highest BCUT2D eigenvalue weighted by atomic mass is 35.5. The van der Waals surface area contributed by atoms with E-state index in [0.717, 1.165) is 32.7 Å². The molecule has 2 atom stereocenters. The number of nitrogens with one attached hydrogen (secondary N) is 1. The summed E-state index contributed by atoms with van der Waals surface area (Å²) in [5.41, 5.74) is 2.51. The first kappa shape index (κ1) is 23.1. The van der Waals surface area contributed by atoms with E-state index in [9.17, 15) is 0 Å². The van der Waals surface area contributed by atoms with Gasteiger partial charge in [0.15, 0.2) is 11.9 Å². The number of rotatable bonds is 6. The van der Waals surface area contributed by atoms with Crippen LogP contribution < -0.4 is 22.2 Å². The molecule has 0 saturated carbocycles. The summed E-state index contributed by atoms with van der Waals surface area (Å²) >= 11 is 12.4. The van der Waals surface area contributed by atoms with E-state index in [1.54, 1.807) is 0 Å². The predicted molar refractivity (Wildman–Crippen MR) is 99.5 cm³/mol. The Labute approximate surface area is 162 Å². The quantitative estimate of drug-likeness (QED) is 0.741. The Bertz CT molecular complexity index is 494. The highest BCUT2D eigenvalue weighted by Crippen LogP contribution is 2.36. The first-order valence-corrected chi connectivity index (χ1v) is 8.63. The molecule has 0 bridgehead atoms. The number of fused-ring (bicyclic) bond motifs is 1. The molecule has 0 fully saturated rings. The van der Waals surface area contributed by atoms with E-state index < -0.39 is 0 Å². The lowest BCUT2D eigenvalue weighted by molar-refractivity contribution is -0.849. The van der Waals surface area contributed by atoms with E-state index in [1.165, 1.54) is 16.3 Å². The minimum atomic E-state index is 0. The van der Waals surface area contributed by atoms with Crippen LogP contribution in [-0.4, -0.2) is 43.8 Å². The average molecular weight is 403 g/mol. The van der Waals surface area contributed by atoms with Crippen LogP contribution in [0.2, 0.25) is 10.0 Å². The molecule has 1 aliphatic heterocycles. The summed E-state index contributed by atoms with van der Waals surface area (Å²) in [5, 5.41) is 1.30. The Morgan fingerprint density at radius 2 is 1.70 bits per heavy atom. The summed E-state index contributed by atoms with van der Waals surface area (Å²) in [7, 11) is 0. The maximum Gasteiger partial charge on any atom is 0.165 e. The van der Waals surface area contributed by atoms with Gasteiger partial charge in [-0.3, -0.25) is 4.90 Å². The Morgan fingerprint density at radius 3 is 2.22 bits per heavy atom. The third-order valence-electron chi connectivity index (χ3n) is 4.60. The fraction of sp³-hybridized carbons (Fsp3) is 0.625. The number of hydrogen-bond donors (Lipinski definition) is 1. The van der Waals surface area contributed by atoms with Crippen molar-refractivity contribution in [2.24, 2.45) is 0 Å². The van der Waals surface area contributed by atoms with E-state index in [2.05, 4.69) is 37.5 Å². The predicted octanol–water partition coefficient (Wildman–Crippen LogP) is 0.463. The first-order chi connectivity index (χ1) is 10.0. The molecule has 1 N–H and O–H groups in total. The van der Waals surface area contributed by atoms with Gasteiger partial charge in [0.1, 0.15) is 5.69 Å². The van der Waals surface area contributed by atoms with Crippen LogP contribution in [0.1, 0.15) is 27.7 Å². The summed E-state index contributed by atoms with van der Waals surface area (Å²) in [4.78, 5) is 6.38. The van der Waals surface area contributed by atoms with Crippen LogP contribution in [0.5, 0.6) is 0 Å². The zero-order valence-electron chi connectivity index (χ0n) is 14.2. The molecule has 1 aromatic rings. The standard InChI is InChI=1S/C16H25Cl2N3.2ClH/c1-5-19(6-2)8-9-21-12(4)20(7-3)15-10-13(17)14(18)11-16(15)21;;/h10-12H,5-9H2,1-4H3;2*1H. The topological polar surface area (TPSA) is 10.9 Å². The lowest BCUT2D eigenvalue weighted by atomic mass is 10.2. The second-order valence-corrected chi connectivity index (χ2v) is 6.37. The average Bonchev–Trinajstić information content (AvgIpc) is 2.72. The van der Waals surface area contributed by atoms with Gasteiger partial charge in [-0.15, -0.1) is 12.4 Å². The van der Waals surface area contributed by atoms with Gasteiger partial charge in [0.05, 0.1) is 16.6 Å². The van der Waals surface area contributed by atoms with Crippen LogP contribution >= 0.6 is 35.6 Å². The van der Waals surface area contributed by atoms with Gasteiger partial charge in [-0.25, -0.2) is 0 Å². The summed E-state index contributed by atoms with van der Waals surface area (Å²) in [6.07, 6.45) is 0.426. The van der Waals surface area contributed by atoms with Gasteiger partial charge in [0, 0.05) is 26.1 Å². The highest BCUT2D eigenvalue weighted by Gasteiger charge is 2.37. The third-order valence-corrected chi connectivity index (χ3v) is 5.32. The number of quaternary nitrogens is 1. The van der Waals surface area contributed by atoms with Crippen molar-refractivity contribution in [3.63, 3.8) is 0 Å². The smallest absolute Gasteiger partial charge is 0.165 e. The summed E-state index contributed by atoms with van der Waals surface area (Å²) in [6, 6.07) is 4.06. The Balaban J connectivity index is 0.00000242. The van der Waals surface area contributed by atoms with Crippen molar-refractivity contribution in [3.8, 4) is 0 Å². The maximum atomic E-state index is 6.24. The molecular formula is C16H27Cl4N3. The fourth-order valence-corrected chi connectivity index (χ4v) is 3.56. The van der Waals surface area contributed by atoms with Gasteiger partial charge in [0.2, 0.25) is 0 Å².